The highest BCUT2D eigenvalue weighted by atomic mass is 79.9. The maximum Gasteiger partial charge on any atom is 0.258 e. The minimum atomic E-state index is -0.268. The molecule has 6 nitrogen and oxygen atoms in total. The van der Waals surface area contributed by atoms with Crippen molar-refractivity contribution in [3.63, 3.8) is 0 Å². The third-order valence-corrected chi connectivity index (χ3v) is 2.41. The van der Waals surface area contributed by atoms with Crippen LogP contribution in [0.25, 0.3) is 0 Å². The number of nitrogens with one attached hydrogen (secondary N) is 2. The van der Waals surface area contributed by atoms with Crippen LogP contribution in [0.2, 0.25) is 0 Å². The molecule has 0 aliphatic heterocycles. The van der Waals surface area contributed by atoms with E-state index in [1.54, 1.807) is 24.3 Å². The third kappa shape index (κ3) is 3.30. The zero-order valence-electron chi connectivity index (χ0n) is 9.39. The number of carbonyl (C=O) groups excluding carboxylic acids is 1. The number of nitrogens with zero attached hydrogens (tertiary/aromatic N) is 2. The summed E-state index contributed by atoms with van der Waals surface area (Å²) < 4.78 is 5.42. The smallest absolute Gasteiger partial charge is 0.258 e. The van der Waals surface area contributed by atoms with Gasteiger partial charge in [-0.1, -0.05) is 22.0 Å². The molecule has 0 bridgehead atoms. The van der Waals surface area contributed by atoms with E-state index >= 15 is 0 Å². The highest BCUT2D eigenvalue weighted by Gasteiger charge is 2.08. The minimum absolute atomic E-state index is 0.268. The van der Waals surface area contributed by atoms with Gasteiger partial charge in [0.15, 0.2) is 0 Å². The van der Waals surface area contributed by atoms with Gasteiger partial charge in [0.2, 0.25) is 5.95 Å². The fraction of sp³-hybridized carbons (Fsp3) is 0.182. The third-order valence-electron chi connectivity index (χ3n) is 2.09. The van der Waals surface area contributed by atoms with Crippen molar-refractivity contribution in [2.45, 2.75) is 0 Å². The highest BCUT2D eigenvalue weighted by Crippen LogP contribution is 2.14. The minimum Gasteiger partial charge on any atom is -0.493 e. The quantitative estimate of drug-likeness (QED) is 0.826. The second-order valence-corrected chi connectivity index (χ2v) is 4.15. The van der Waals surface area contributed by atoms with E-state index in [2.05, 4.69) is 36.4 Å². The van der Waals surface area contributed by atoms with Crippen molar-refractivity contribution in [1.29, 1.82) is 0 Å². The molecule has 18 heavy (non-hydrogen) atoms. The SMILES string of the molecule is O=C(Nc1ncn[nH]1)c1cccc(OCCBr)c1. The zero-order chi connectivity index (χ0) is 12.8. The molecule has 0 saturated carbocycles. The lowest BCUT2D eigenvalue weighted by molar-refractivity contribution is 0.102. The summed E-state index contributed by atoms with van der Waals surface area (Å²) in [4.78, 5) is 15.7. The number of ether oxygens (including phenoxy) is 1. The van der Waals surface area contributed by atoms with Crippen molar-refractivity contribution in [2.75, 3.05) is 17.3 Å². The van der Waals surface area contributed by atoms with Crippen LogP contribution in [0.3, 0.4) is 0 Å². The first-order valence-electron chi connectivity index (χ1n) is 5.25. The number of H-pyrrole nitrogens is 1. The van der Waals surface area contributed by atoms with Crippen LogP contribution in [-0.2, 0) is 0 Å². The van der Waals surface area contributed by atoms with Crippen molar-refractivity contribution in [3.05, 3.63) is 36.2 Å². The molecular formula is C11H11BrN4O2. The Morgan fingerprint density at radius 3 is 3.11 bits per heavy atom. The summed E-state index contributed by atoms with van der Waals surface area (Å²) in [7, 11) is 0. The van der Waals surface area contributed by atoms with Gasteiger partial charge in [-0.25, -0.2) is 5.10 Å². The first-order chi connectivity index (χ1) is 8.79. The van der Waals surface area contributed by atoms with Gasteiger partial charge in [0.05, 0.1) is 6.61 Å². The van der Waals surface area contributed by atoms with E-state index in [4.69, 9.17) is 4.74 Å². The molecule has 1 amide bonds. The molecule has 0 atom stereocenters. The molecule has 0 aliphatic carbocycles. The number of anilines is 1. The molecule has 2 N–H and O–H groups in total. The molecule has 0 unspecified atom stereocenters. The van der Waals surface area contributed by atoms with Crippen molar-refractivity contribution >= 4 is 27.8 Å². The molecular weight excluding hydrogens is 300 g/mol. The van der Waals surface area contributed by atoms with E-state index in [0.29, 0.717) is 23.9 Å². The summed E-state index contributed by atoms with van der Waals surface area (Å²) in [5.41, 5.74) is 0.499. The molecule has 2 aromatic rings. The van der Waals surface area contributed by atoms with Gasteiger partial charge in [0, 0.05) is 10.9 Å². The Balaban J connectivity index is 2.05. The number of aromatic amines is 1. The zero-order valence-corrected chi connectivity index (χ0v) is 11.0. The number of benzene rings is 1. The first kappa shape index (κ1) is 12.6. The second-order valence-electron chi connectivity index (χ2n) is 3.35. The molecule has 94 valence electrons. The van der Waals surface area contributed by atoms with E-state index in [0.717, 1.165) is 5.33 Å². The van der Waals surface area contributed by atoms with Crippen LogP contribution in [0.15, 0.2) is 30.6 Å². The molecule has 0 spiro atoms. The lowest BCUT2D eigenvalue weighted by atomic mass is 10.2. The van der Waals surface area contributed by atoms with Crippen LogP contribution in [0.5, 0.6) is 5.75 Å². The maximum absolute atomic E-state index is 11.9. The fourth-order valence-electron chi connectivity index (χ4n) is 1.33. The average molecular weight is 311 g/mol. The molecule has 1 aromatic heterocycles. The number of aromatic nitrogens is 3. The topological polar surface area (TPSA) is 79.9 Å². The number of hydrogen-bond acceptors (Lipinski definition) is 4. The largest absolute Gasteiger partial charge is 0.493 e. The molecule has 0 fully saturated rings. The van der Waals surface area contributed by atoms with Crippen LogP contribution in [0.1, 0.15) is 10.4 Å². The van der Waals surface area contributed by atoms with Crippen LogP contribution < -0.4 is 10.1 Å². The van der Waals surface area contributed by atoms with Crippen molar-refractivity contribution in [2.24, 2.45) is 0 Å². The number of amides is 1. The van der Waals surface area contributed by atoms with E-state index < -0.39 is 0 Å². The van der Waals surface area contributed by atoms with Gasteiger partial charge in [-0.15, -0.1) is 0 Å². The molecule has 0 radical (unpaired) electrons. The summed E-state index contributed by atoms with van der Waals surface area (Å²) >= 11 is 3.27. The van der Waals surface area contributed by atoms with Crippen LogP contribution in [-0.4, -0.2) is 33.0 Å². The highest BCUT2D eigenvalue weighted by molar-refractivity contribution is 9.09. The standard InChI is InChI=1S/C11H11BrN4O2/c12-4-5-18-9-3-1-2-8(6-9)10(17)15-11-13-7-14-16-11/h1-3,6-7H,4-5H2,(H2,13,14,15,16,17). The molecule has 0 aliphatic rings. The number of rotatable bonds is 5. The Hall–Kier alpha value is -1.89. The first-order valence-corrected chi connectivity index (χ1v) is 6.37. The Labute approximate surface area is 112 Å². The van der Waals surface area contributed by atoms with Crippen LogP contribution >= 0.6 is 15.9 Å². The van der Waals surface area contributed by atoms with Gasteiger partial charge in [-0.2, -0.15) is 10.1 Å². The Kier molecular flexibility index (Phi) is 4.30. The van der Waals surface area contributed by atoms with E-state index in [-0.39, 0.29) is 5.91 Å². The van der Waals surface area contributed by atoms with E-state index in [9.17, 15) is 4.79 Å². The summed E-state index contributed by atoms with van der Waals surface area (Å²) in [6, 6.07) is 6.94. The average Bonchev–Trinajstić information content (AvgIpc) is 2.89. The second kappa shape index (κ2) is 6.15. The maximum atomic E-state index is 11.9. The molecule has 0 saturated heterocycles. The predicted molar refractivity (Wildman–Crippen MR) is 70.1 cm³/mol. The van der Waals surface area contributed by atoms with E-state index in [1.807, 2.05) is 0 Å². The van der Waals surface area contributed by atoms with Crippen molar-refractivity contribution in [3.8, 4) is 5.75 Å². The lowest BCUT2D eigenvalue weighted by Crippen LogP contribution is -2.13. The van der Waals surface area contributed by atoms with Crippen LogP contribution in [0.4, 0.5) is 5.95 Å². The Morgan fingerprint density at radius 1 is 1.50 bits per heavy atom. The van der Waals surface area contributed by atoms with Gasteiger partial charge in [0.1, 0.15) is 12.1 Å². The van der Waals surface area contributed by atoms with Gasteiger partial charge in [-0.05, 0) is 18.2 Å². The summed E-state index contributed by atoms with van der Waals surface area (Å²) in [6.45, 7) is 0.549. The van der Waals surface area contributed by atoms with Gasteiger partial charge in [-0.3, -0.25) is 10.1 Å². The summed E-state index contributed by atoms with van der Waals surface area (Å²) in [6.07, 6.45) is 1.32. The number of halogens is 1. The summed E-state index contributed by atoms with van der Waals surface area (Å²) in [5.74, 6) is 0.697. The predicted octanol–water partition coefficient (Wildman–Crippen LogP) is 1.83. The summed E-state index contributed by atoms with van der Waals surface area (Å²) in [5, 5.41) is 9.53. The van der Waals surface area contributed by atoms with Gasteiger partial charge < -0.3 is 4.74 Å². The van der Waals surface area contributed by atoms with Gasteiger partial charge >= 0.3 is 0 Å². The molecule has 2 rings (SSSR count). The number of alkyl halides is 1. The Bertz CT molecular complexity index is 516. The fourth-order valence-corrected chi connectivity index (χ4v) is 1.49. The number of carbonyl (C=O) groups is 1. The molecule has 1 aromatic carbocycles. The molecule has 7 heteroatoms. The van der Waals surface area contributed by atoms with Gasteiger partial charge in [0.25, 0.3) is 5.91 Å². The Morgan fingerprint density at radius 2 is 2.39 bits per heavy atom. The van der Waals surface area contributed by atoms with Crippen LogP contribution in [0, 0.1) is 0 Å². The van der Waals surface area contributed by atoms with Crippen molar-refractivity contribution < 1.29 is 9.53 Å². The van der Waals surface area contributed by atoms with Crippen molar-refractivity contribution in [1.82, 2.24) is 15.2 Å². The molecule has 1 heterocycles. The normalized spacial score (nSPS) is 10.1. The van der Waals surface area contributed by atoms with E-state index in [1.165, 1.54) is 6.33 Å². The monoisotopic (exact) mass is 310 g/mol. The lowest BCUT2D eigenvalue weighted by Gasteiger charge is -2.06. The number of hydrogen-bond donors (Lipinski definition) is 2.